The maximum Gasteiger partial charge on any atom is 0.240 e. The molecule has 0 spiro atoms. The summed E-state index contributed by atoms with van der Waals surface area (Å²) in [6, 6.07) is 17.4. The second-order valence-electron chi connectivity index (χ2n) is 5.38. The lowest BCUT2D eigenvalue weighted by Crippen LogP contribution is -2.22. The molecule has 0 aliphatic heterocycles. The van der Waals surface area contributed by atoms with E-state index in [1.165, 1.54) is 23.5 Å². The van der Waals surface area contributed by atoms with Crippen molar-refractivity contribution in [1.29, 1.82) is 0 Å². The Morgan fingerprint density at radius 3 is 2.12 bits per heavy atom. The summed E-state index contributed by atoms with van der Waals surface area (Å²) in [7, 11) is -3.55. The maximum absolute atomic E-state index is 12.3. The van der Waals surface area contributed by atoms with Crippen molar-refractivity contribution in [3.05, 3.63) is 70.9 Å². The third-order valence-corrected chi connectivity index (χ3v) is 5.81. The molecular weight excluding hydrogens is 370 g/mol. The van der Waals surface area contributed by atoms with E-state index in [0.717, 1.165) is 10.6 Å². The second kappa shape index (κ2) is 8.35. The molecule has 0 radical (unpaired) electrons. The van der Waals surface area contributed by atoms with Gasteiger partial charge in [-0.05, 0) is 66.9 Å². The van der Waals surface area contributed by atoms with Gasteiger partial charge in [0.25, 0.3) is 0 Å². The molecule has 0 amide bonds. The van der Waals surface area contributed by atoms with Gasteiger partial charge in [-0.3, -0.25) is 0 Å². The molecule has 0 saturated heterocycles. The van der Waals surface area contributed by atoms with Gasteiger partial charge >= 0.3 is 0 Å². The van der Waals surface area contributed by atoms with Crippen molar-refractivity contribution in [3.63, 3.8) is 0 Å². The fourth-order valence-corrected chi connectivity index (χ4v) is 4.00. The van der Waals surface area contributed by atoms with Gasteiger partial charge in [-0.25, -0.2) is 13.1 Å². The first-order valence-corrected chi connectivity index (χ1v) is 10.5. The number of hydrogen-bond donors (Lipinski definition) is 1. The predicted molar refractivity (Wildman–Crippen MR) is 102 cm³/mol. The Bertz CT molecular complexity index is 919. The standard InChI is InChI=1S/C19H19NO4S2/c1-2-23-15-5-7-16(8-6-15)24-17-9-11-19(12-10-17)26(21,22)20-14-18-4-3-13-25-18/h3-13,20H,2,14H2,1H3. The molecule has 26 heavy (non-hydrogen) atoms. The topological polar surface area (TPSA) is 64.6 Å². The summed E-state index contributed by atoms with van der Waals surface area (Å²) in [4.78, 5) is 1.16. The molecular formula is C19H19NO4S2. The van der Waals surface area contributed by atoms with E-state index >= 15 is 0 Å². The average Bonchev–Trinajstić information content (AvgIpc) is 3.16. The first-order chi connectivity index (χ1) is 12.6. The highest BCUT2D eigenvalue weighted by Crippen LogP contribution is 2.25. The minimum absolute atomic E-state index is 0.202. The van der Waals surface area contributed by atoms with E-state index in [9.17, 15) is 8.42 Å². The fourth-order valence-electron chi connectivity index (χ4n) is 2.26. The zero-order chi connectivity index (χ0) is 18.4. The van der Waals surface area contributed by atoms with Crippen LogP contribution in [0, 0.1) is 0 Å². The summed E-state index contributed by atoms with van der Waals surface area (Å²) < 4.78 is 38.4. The molecule has 1 heterocycles. The van der Waals surface area contributed by atoms with E-state index in [2.05, 4.69) is 4.72 Å². The summed E-state index contributed by atoms with van der Waals surface area (Å²) in [6.45, 7) is 2.82. The van der Waals surface area contributed by atoms with E-state index in [-0.39, 0.29) is 11.4 Å². The Balaban J connectivity index is 1.63. The Morgan fingerprint density at radius 1 is 0.923 bits per heavy atom. The third kappa shape index (κ3) is 4.85. The molecule has 0 saturated carbocycles. The Kier molecular flexibility index (Phi) is 5.92. The molecule has 5 nitrogen and oxygen atoms in total. The van der Waals surface area contributed by atoms with Crippen molar-refractivity contribution >= 4 is 21.4 Å². The summed E-state index contributed by atoms with van der Waals surface area (Å²) in [5.41, 5.74) is 0. The SMILES string of the molecule is CCOc1ccc(Oc2ccc(S(=O)(=O)NCc3cccs3)cc2)cc1. The molecule has 0 bridgehead atoms. The lowest BCUT2D eigenvalue weighted by molar-refractivity contribution is 0.339. The van der Waals surface area contributed by atoms with Gasteiger partial charge in [0.1, 0.15) is 17.2 Å². The van der Waals surface area contributed by atoms with E-state index in [4.69, 9.17) is 9.47 Å². The van der Waals surface area contributed by atoms with Gasteiger partial charge in [0.15, 0.2) is 0 Å². The molecule has 1 aromatic heterocycles. The van der Waals surface area contributed by atoms with E-state index in [1.807, 2.05) is 36.6 Å². The third-order valence-electron chi connectivity index (χ3n) is 3.52. The largest absolute Gasteiger partial charge is 0.494 e. The molecule has 136 valence electrons. The van der Waals surface area contributed by atoms with Crippen LogP contribution < -0.4 is 14.2 Å². The van der Waals surface area contributed by atoms with Crippen molar-refractivity contribution in [1.82, 2.24) is 4.72 Å². The number of ether oxygens (including phenoxy) is 2. The monoisotopic (exact) mass is 389 g/mol. The predicted octanol–water partition coefficient (Wildman–Crippen LogP) is 4.42. The van der Waals surface area contributed by atoms with Crippen LogP contribution >= 0.6 is 11.3 Å². The highest BCUT2D eigenvalue weighted by molar-refractivity contribution is 7.89. The van der Waals surface area contributed by atoms with Gasteiger partial charge in [0, 0.05) is 11.4 Å². The van der Waals surface area contributed by atoms with Crippen LogP contribution in [-0.4, -0.2) is 15.0 Å². The lowest BCUT2D eigenvalue weighted by atomic mass is 10.3. The quantitative estimate of drug-likeness (QED) is 0.619. The van der Waals surface area contributed by atoms with E-state index in [0.29, 0.717) is 18.1 Å². The Labute approximate surface area is 157 Å². The highest BCUT2D eigenvalue weighted by atomic mass is 32.2. The molecule has 0 atom stereocenters. The molecule has 7 heteroatoms. The van der Waals surface area contributed by atoms with Gasteiger partial charge in [0.2, 0.25) is 10.0 Å². The molecule has 0 fully saturated rings. The Hall–Kier alpha value is -2.35. The van der Waals surface area contributed by atoms with Crippen LogP contribution in [0.2, 0.25) is 0 Å². The van der Waals surface area contributed by atoms with Gasteiger partial charge < -0.3 is 9.47 Å². The number of rotatable bonds is 8. The molecule has 2 aromatic carbocycles. The second-order valence-corrected chi connectivity index (χ2v) is 8.18. The minimum Gasteiger partial charge on any atom is -0.494 e. The first kappa shape index (κ1) is 18.4. The molecule has 0 aliphatic carbocycles. The fraction of sp³-hybridized carbons (Fsp3) is 0.158. The molecule has 0 aliphatic rings. The normalized spacial score (nSPS) is 11.3. The highest BCUT2D eigenvalue weighted by Gasteiger charge is 2.14. The van der Waals surface area contributed by atoms with Crippen LogP contribution in [0.4, 0.5) is 0 Å². The Morgan fingerprint density at radius 2 is 1.54 bits per heavy atom. The van der Waals surface area contributed by atoms with Crippen molar-refractivity contribution in [2.45, 2.75) is 18.4 Å². The summed E-state index contributed by atoms with van der Waals surface area (Å²) in [6.07, 6.45) is 0. The minimum atomic E-state index is -3.55. The van der Waals surface area contributed by atoms with Crippen LogP contribution in [0.1, 0.15) is 11.8 Å². The van der Waals surface area contributed by atoms with Crippen LogP contribution in [0.5, 0.6) is 17.2 Å². The van der Waals surface area contributed by atoms with Gasteiger partial charge in [-0.2, -0.15) is 0 Å². The van der Waals surface area contributed by atoms with Crippen LogP contribution in [0.25, 0.3) is 0 Å². The molecule has 3 aromatic rings. The number of thiophene rings is 1. The average molecular weight is 389 g/mol. The number of sulfonamides is 1. The number of hydrogen-bond acceptors (Lipinski definition) is 5. The lowest BCUT2D eigenvalue weighted by Gasteiger charge is -2.09. The smallest absolute Gasteiger partial charge is 0.240 e. The van der Waals surface area contributed by atoms with E-state index < -0.39 is 10.0 Å². The molecule has 1 N–H and O–H groups in total. The van der Waals surface area contributed by atoms with Crippen LogP contribution in [0.3, 0.4) is 0 Å². The van der Waals surface area contributed by atoms with E-state index in [1.54, 1.807) is 24.3 Å². The van der Waals surface area contributed by atoms with Crippen molar-refractivity contribution in [2.24, 2.45) is 0 Å². The van der Waals surface area contributed by atoms with Crippen molar-refractivity contribution < 1.29 is 17.9 Å². The summed E-state index contributed by atoms with van der Waals surface area (Å²) >= 11 is 1.51. The number of benzene rings is 2. The van der Waals surface area contributed by atoms with Gasteiger partial charge in [-0.15, -0.1) is 11.3 Å². The molecule has 0 unspecified atom stereocenters. The van der Waals surface area contributed by atoms with Gasteiger partial charge in [0.05, 0.1) is 11.5 Å². The van der Waals surface area contributed by atoms with Crippen molar-refractivity contribution in [2.75, 3.05) is 6.61 Å². The summed E-state index contributed by atoms with van der Waals surface area (Å²) in [5.74, 6) is 1.99. The summed E-state index contributed by atoms with van der Waals surface area (Å²) in [5, 5.41) is 1.91. The zero-order valence-corrected chi connectivity index (χ0v) is 15.8. The van der Waals surface area contributed by atoms with Gasteiger partial charge in [-0.1, -0.05) is 6.07 Å². The molecule has 3 rings (SSSR count). The number of nitrogens with one attached hydrogen (secondary N) is 1. The first-order valence-electron chi connectivity index (χ1n) is 8.09. The zero-order valence-electron chi connectivity index (χ0n) is 14.2. The van der Waals surface area contributed by atoms with Crippen LogP contribution in [0.15, 0.2) is 70.9 Å². The maximum atomic E-state index is 12.3. The van der Waals surface area contributed by atoms with Crippen LogP contribution in [-0.2, 0) is 16.6 Å². The van der Waals surface area contributed by atoms with Crippen molar-refractivity contribution in [3.8, 4) is 17.2 Å².